The first-order valence-electron chi connectivity index (χ1n) is 8.76. The Balaban J connectivity index is 1.64. The molecule has 134 valence electrons. The molecule has 0 bridgehead atoms. The van der Waals surface area contributed by atoms with E-state index in [0.29, 0.717) is 19.6 Å². The number of rotatable bonds is 3. The lowest BCUT2D eigenvalue weighted by atomic mass is 9.92. The molecule has 1 aromatic rings. The Morgan fingerprint density at radius 1 is 1.12 bits per heavy atom. The number of piperidine rings is 2. The molecule has 0 aliphatic carbocycles. The molecule has 7 heteroatoms. The number of amides is 2. The van der Waals surface area contributed by atoms with Gasteiger partial charge in [-0.15, -0.1) is 0 Å². The average Bonchev–Trinajstić information content (AvgIpc) is 2.67. The number of aromatic nitrogens is 2. The van der Waals surface area contributed by atoms with Gasteiger partial charge < -0.3 is 9.80 Å². The van der Waals surface area contributed by atoms with Gasteiger partial charge in [-0.1, -0.05) is 6.58 Å². The molecule has 2 aliphatic rings. The van der Waals surface area contributed by atoms with Crippen molar-refractivity contribution in [2.45, 2.75) is 31.6 Å². The third-order valence-corrected chi connectivity index (χ3v) is 5.40. The van der Waals surface area contributed by atoms with Crippen molar-refractivity contribution >= 4 is 27.7 Å². The Bertz CT molecular complexity index is 649. The Morgan fingerprint density at radius 3 is 2.52 bits per heavy atom. The number of nitrogens with zero attached hydrogens (tertiary/aromatic N) is 4. The Labute approximate surface area is 156 Å². The maximum absolute atomic E-state index is 13.0. The summed E-state index contributed by atoms with van der Waals surface area (Å²) in [4.78, 5) is 37.3. The second kappa shape index (κ2) is 8.08. The number of carbonyl (C=O) groups excluding carboxylic acids is 2. The topological polar surface area (TPSA) is 66.4 Å². The van der Waals surface area contributed by atoms with Gasteiger partial charge in [0.05, 0.1) is 10.4 Å². The second-order valence-electron chi connectivity index (χ2n) is 6.71. The second-order valence-corrected chi connectivity index (χ2v) is 7.63. The zero-order chi connectivity index (χ0) is 17.8. The number of carbonyl (C=O) groups is 2. The molecule has 0 spiro atoms. The molecule has 0 aromatic carbocycles. The fourth-order valence-electron chi connectivity index (χ4n) is 3.69. The molecule has 2 fully saturated rings. The van der Waals surface area contributed by atoms with Crippen LogP contribution in [0.15, 0.2) is 29.5 Å². The van der Waals surface area contributed by atoms with Gasteiger partial charge in [0.2, 0.25) is 11.8 Å². The SMILES string of the molecule is C=CC(=O)N1CCCC(C(=O)N2CCCC(c3ncc(Br)cn3)C2)C1. The molecule has 1 aromatic heterocycles. The van der Waals surface area contributed by atoms with Crippen LogP contribution < -0.4 is 0 Å². The van der Waals surface area contributed by atoms with Crippen LogP contribution in [0.25, 0.3) is 0 Å². The molecule has 3 heterocycles. The molecule has 2 amide bonds. The van der Waals surface area contributed by atoms with Gasteiger partial charge in [0.15, 0.2) is 0 Å². The summed E-state index contributed by atoms with van der Waals surface area (Å²) in [5.74, 6) is 0.941. The molecular formula is C18H23BrN4O2. The zero-order valence-corrected chi connectivity index (χ0v) is 15.8. The van der Waals surface area contributed by atoms with Crippen molar-refractivity contribution in [2.75, 3.05) is 26.2 Å². The minimum absolute atomic E-state index is 0.0858. The summed E-state index contributed by atoms with van der Waals surface area (Å²) in [5, 5.41) is 0. The van der Waals surface area contributed by atoms with Crippen LogP contribution in [0.3, 0.4) is 0 Å². The molecule has 0 radical (unpaired) electrons. The molecule has 6 nitrogen and oxygen atoms in total. The first-order valence-corrected chi connectivity index (χ1v) is 9.55. The van der Waals surface area contributed by atoms with Crippen LogP contribution in [0.5, 0.6) is 0 Å². The van der Waals surface area contributed by atoms with Crippen molar-refractivity contribution in [3.63, 3.8) is 0 Å². The molecule has 0 N–H and O–H groups in total. The van der Waals surface area contributed by atoms with E-state index < -0.39 is 0 Å². The number of hydrogen-bond donors (Lipinski definition) is 0. The van der Waals surface area contributed by atoms with Gasteiger partial charge in [0.25, 0.3) is 0 Å². The summed E-state index contributed by atoms with van der Waals surface area (Å²) < 4.78 is 0.856. The standard InChI is InChI=1S/C18H23BrN4O2/c1-2-16(24)22-7-4-6-14(12-22)18(25)23-8-3-5-13(11-23)17-20-9-15(19)10-21-17/h2,9-10,13-14H,1,3-8,11-12H2. The van der Waals surface area contributed by atoms with Crippen LogP contribution in [0, 0.1) is 5.92 Å². The van der Waals surface area contributed by atoms with E-state index in [1.54, 1.807) is 17.3 Å². The molecular weight excluding hydrogens is 384 g/mol. The van der Waals surface area contributed by atoms with Gasteiger partial charge in [0, 0.05) is 44.5 Å². The van der Waals surface area contributed by atoms with Crippen molar-refractivity contribution in [3.05, 3.63) is 35.3 Å². The van der Waals surface area contributed by atoms with Crippen LogP contribution in [0.2, 0.25) is 0 Å². The van der Waals surface area contributed by atoms with Crippen molar-refractivity contribution < 1.29 is 9.59 Å². The van der Waals surface area contributed by atoms with Crippen molar-refractivity contribution in [1.82, 2.24) is 19.8 Å². The first kappa shape index (κ1) is 18.0. The Kier molecular flexibility index (Phi) is 5.83. The predicted molar refractivity (Wildman–Crippen MR) is 97.8 cm³/mol. The summed E-state index contributed by atoms with van der Waals surface area (Å²) in [6.45, 7) is 6.19. The average molecular weight is 407 g/mol. The summed E-state index contributed by atoms with van der Waals surface area (Å²) >= 11 is 3.35. The molecule has 2 aliphatic heterocycles. The Hall–Kier alpha value is -1.76. The summed E-state index contributed by atoms with van der Waals surface area (Å²) in [5.41, 5.74) is 0. The van der Waals surface area contributed by atoms with E-state index in [1.165, 1.54) is 6.08 Å². The lowest BCUT2D eigenvalue weighted by Gasteiger charge is -2.37. The number of hydrogen-bond acceptors (Lipinski definition) is 4. The maximum Gasteiger partial charge on any atom is 0.245 e. The van der Waals surface area contributed by atoms with Gasteiger partial charge >= 0.3 is 0 Å². The molecule has 2 atom stereocenters. The van der Waals surface area contributed by atoms with E-state index in [-0.39, 0.29) is 23.7 Å². The fourth-order valence-corrected chi connectivity index (χ4v) is 3.89. The van der Waals surface area contributed by atoms with Crippen LogP contribution in [0.4, 0.5) is 0 Å². The summed E-state index contributed by atoms with van der Waals surface area (Å²) in [6, 6.07) is 0. The number of halogens is 1. The normalized spacial score (nSPS) is 24.0. The molecule has 3 rings (SSSR count). The van der Waals surface area contributed by atoms with Crippen molar-refractivity contribution in [1.29, 1.82) is 0 Å². The quantitative estimate of drug-likeness (QED) is 0.722. The van der Waals surface area contributed by atoms with Gasteiger partial charge in [-0.25, -0.2) is 9.97 Å². The van der Waals surface area contributed by atoms with Gasteiger partial charge in [-0.3, -0.25) is 9.59 Å². The first-order chi connectivity index (χ1) is 12.1. The third kappa shape index (κ3) is 4.26. The van der Waals surface area contributed by atoms with Crippen LogP contribution in [0.1, 0.15) is 37.4 Å². The van der Waals surface area contributed by atoms with E-state index in [0.717, 1.165) is 42.5 Å². The minimum atomic E-state index is -0.109. The van der Waals surface area contributed by atoms with Gasteiger partial charge in [-0.05, 0) is 47.7 Å². The molecule has 0 saturated carbocycles. The predicted octanol–water partition coefficient (Wildman–Crippen LogP) is 2.37. The highest BCUT2D eigenvalue weighted by atomic mass is 79.9. The van der Waals surface area contributed by atoms with E-state index >= 15 is 0 Å². The highest BCUT2D eigenvalue weighted by Gasteiger charge is 2.33. The number of likely N-dealkylation sites (tertiary alicyclic amines) is 2. The molecule has 25 heavy (non-hydrogen) atoms. The van der Waals surface area contributed by atoms with E-state index in [9.17, 15) is 9.59 Å². The van der Waals surface area contributed by atoms with E-state index in [2.05, 4.69) is 32.5 Å². The highest BCUT2D eigenvalue weighted by molar-refractivity contribution is 9.10. The summed E-state index contributed by atoms with van der Waals surface area (Å²) in [6.07, 6.45) is 8.49. The Morgan fingerprint density at radius 2 is 1.80 bits per heavy atom. The van der Waals surface area contributed by atoms with Gasteiger partial charge in [0.1, 0.15) is 5.82 Å². The molecule has 2 unspecified atom stereocenters. The van der Waals surface area contributed by atoms with Gasteiger partial charge in [-0.2, -0.15) is 0 Å². The zero-order valence-electron chi connectivity index (χ0n) is 14.2. The largest absolute Gasteiger partial charge is 0.342 e. The van der Waals surface area contributed by atoms with E-state index in [1.807, 2.05) is 4.90 Å². The smallest absolute Gasteiger partial charge is 0.245 e. The lowest BCUT2D eigenvalue weighted by Crippen LogP contribution is -2.48. The highest BCUT2D eigenvalue weighted by Crippen LogP contribution is 2.27. The van der Waals surface area contributed by atoms with Crippen LogP contribution >= 0.6 is 15.9 Å². The monoisotopic (exact) mass is 406 g/mol. The van der Waals surface area contributed by atoms with Crippen LogP contribution in [-0.2, 0) is 9.59 Å². The fraction of sp³-hybridized carbons (Fsp3) is 0.556. The molecule has 2 saturated heterocycles. The van der Waals surface area contributed by atoms with Crippen molar-refractivity contribution in [3.8, 4) is 0 Å². The third-order valence-electron chi connectivity index (χ3n) is 5.00. The minimum Gasteiger partial charge on any atom is -0.342 e. The van der Waals surface area contributed by atoms with Crippen LogP contribution in [-0.4, -0.2) is 57.8 Å². The van der Waals surface area contributed by atoms with E-state index in [4.69, 9.17) is 0 Å². The van der Waals surface area contributed by atoms with Crippen molar-refractivity contribution in [2.24, 2.45) is 5.92 Å². The summed E-state index contributed by atoms with van der Waals surface area (Å²) in [7, 11) is 0. The lowest BCUT2D eigenvalue weighted by molar-refractivity contribution is -0.140. The maximum atomic E-state index is 13.0.